The van der Waals surface area contributed by atoms with E-state index in [4.69, 9.17) is 9.47 Å². The van der Waals surface area contributed by atoms with Crippen LogP contribution in [0.5, 0.6) is 0 Å². The average Bonchev–Trinajstić information content (AvgIpc) is 2.89. The van der Waals surface area contributed by atoms with Crippen molar-refractivity contribution in [2.24, 2.45) is 7.05 Å². The predicted octanol–water partition coefficient (Wildman–Crippen LogP) is -0.740. The summed E-state index contributed by atoms with van der Waals surface area (Å²) in [6, 6.07) is -1.73. The molecular weight excluding hydrogens is 280 g/mol. The number of carboxylic acids is 1. The van der Waals surface area contributed by atoms with Crippen LogP contribution in [0.4, 0.5) is 4.79 Å². The quantitative estimate of drug-likeness (QED) is 0.659. The molecule has 1 saturated heterocycles. The monoisotopic (exact) mass is 298 g/mol. The maximum atomic E-state index is 11.8. The van der Waals surface area contributed by atoms with Crippen LogP contribution in [0.25, 0.3) is 0 Å². The third kappa shape index (κ3) is 4.43. The second-order valence-corrected chi connectivity index (χ2v) is 4.64. The van der Waals surface area contributed by atoms with Crippen LogP contribution in [0, 0.1) is 0 Å². The molecule has 1 aromatic heterocycles. The molecule has 1 aromatic rings. The van der Waals surface area contributed by atoms with Crippen molar-refractivity contribution >= 4 is 12.0 Å². The number of carboxylic acid groups (broad SMARTS) is 1. The fraction of sp³-hybridized carbons (Fsp3) is 0.583. The van der Waals surface area contributed by atoms with Crippen LogP contribution in [-0.4, -0.2) is 59.4 Å². The Morgan fingerprint density at radius 1 is 1.57 bits per heavy atom. The predicted molar refractivity (Wildman–Crippen MR) is 70.7 cm³/mol. The van der Waals surface area contributed by atoms with Crippen LogP contribution >= 0.6 is 0 Å². The second kappa shape index (κ2) is 7.04. The standard InChI is InChI=1S/C12H18N4O5/c1-16-6-8(4-14-16)10(11(17)18)15-12(19)13-5-9-7-20-2-3-21-9/h4,6,9-10H,2-3,5,7H2,1H3,(H,17,18)(H2,13,15,19). The van der Waals surface area contributed by atoms with Gasteiger partial charge in [-0.15, -0.1) is 0 Å². The van der Waals surface area contributed by atoms with Gasteiger partial charge in [-0.25, -0.2) is 9.59 Å². The maximum Gasteiger partial charge on any atom is 0.331 e. The molecule has 0 aliphatic carbocycles. The van der Waals surface area contributed by atoms with E-state index in [1.54, 1.807) is 7.05 Å². The van der Waals surface area contributed by atoms with Gasteiger partial charge in [0.1, 0.15) is 0 Å². The van der Waals surface area contributed by atoms with Crippen molar-refractivity contribution in [3.8, 4) is 0 Å². The molecule has 0 aromatic carbocycles. The van der Waals surface area contributed by atoms with Crippen molar-refractivity contribution in [2.75, 3.05) is 26.4 Å². The number of nitrogens with zero attached hydrogens (tertiary/aromatic N) is 2. The van der Waals surface area contributed by atoms with Crippen LogP contribution in [0.1, 0.15) is 11.6 Å². The highest BCUT2D eigenvalue weighted by molar-refractivity contribution is 5.83. The minimum Gasteiger partial charge on any atom is -0.479 e. The lowest BCUT2D eigenvalue weighted by atomic mass is 10.1. The first kappa shape index (κ1) is 15.3. The maximum absolute atomic E-state index is 11.8. The summed E-state index contributed by atoms with van der Waals surface area (Å²) in [4.78, 5) is 23.0. The normalized spacial score (nSPS) is 19.8. The van der Waals surface area contributed by atoms with Gasteiger partial charge < -0.3 is 25.2 Å². The Bertz CT molecular complexity index is 498. The van der Waals surface area contributed by atoms with E-state index in [1.807, 2.05) is 0 Å². The Kier molecular flexibility index (Phi) is 5.12. The summed E-state index contributed by atoms with van der Waals surface area (Å²) in [7, 11) is 1.67. The third-order valence-corrected chi connectivity index (χ3v) is 2.96. The summed E-state index contributed by atoms with van der Waals surface area (Å²) >= 11 is 0. The molecule has 0 spiro atoms. The lowest BCUT2D eigenvalue weighted by Gasteiger charge is -2.23. The van der Waals surface area contributed by atoms with E-state index in [0.717, 1.165) is 0 Å². The first-order valence-corrected chi connectivity index (χ1v) is 6.51. The molecule has 1 aliphatic heterocycles. The van der Waals surface area contributed by atoms with Crippen molar-refractivity contribution in [1.29, 1.82) is 0 Å². The molecule has 0 radical (unpaired) electrons. The number of urea groups is 1. The van der Waals surface area contributed by atoms with Gasteiger partial charge in [0, 0.05) is 25.4 Å². The van der Waals surface area contributed by atoms with Gasteiger partial charge in [0.05, 0.1) is 32.1 Å². The van der Waals surface area contributed by atoms with Crippen LogP contribution in [0.2, 0.25) is 0 Å². The number of aryl methyl sites for hydroxylation is 1. The van der Waals surface area contributed by atoms with E-state index in [-0.39, 0.29) is 12.6 Å². The molecular formula is C12H18N4O5. The Hall–Kier alpha value is -2.13. The number of aromatic nitrogens is 2. The van der Waals surface area contributed by atoms with E-state index in [9.17, 15) is 14.7 Å². The van der Waals surface area contributed by atoms with E-state index in [2.05, 4.69) is 15.7 Å². The molecule has 0 bridgehead atoms. The molecule has 2 atom stereocenters. The zero-order chi connectivity index (χ0) is 15.2. The number of rotatable bonds is 5. The molecule has 1 fully saturated rings. The Morgan fingerprint density at radius 3 is 2.95 bits per heavy atom. The zero-order valence-electron chi connectivity index (χ0n) is 11.6. The highest BCUT2D eigenvalue weighted by atomic mass is 16.6. The molecule has 2 rings (SSSR count). The highest BCUT2D eigenvalue weighted by Crippen LogP contribution is 2.11. The van der Waals surface area contributed by atoms with E-state index >= 15 is 0 Å². The molecule has 0 saturated carbocycles. The van der Waals surface area contributed by atoms with Gasteiger partial charge in [-0.05, 0) is 0 Å². The molecule has 2 heterocycles. The number of nitrogens with one attached hydrogen (secondary N) is 2. The first-order chi connectivity index (χ1) is 10.1. The Morgan fingerprint density at radius 2 is 2.38 bits per heavy atom. The molecule has 21 heavy (non-hydrogen) atoms. The zero-order valence-corrected chi connectivity index (χ0v) is 11.6. The molecule has 1 aliphatic rings. The number of amides is 2. The van der Waals surface area contributed by atoms with Crippen molar-refractivity contribution in [2.45, 2.75) is 12.1 Å². The molecule has 3 N–H and O–H groups in total. The number of ether oxygens (including phenoxy) is 2. The van der Waals surface area contributed by atoms with Crippen molar-refractivity contribution in [3.05, 3.63) is 18.0 Å². The number of hydrogen-bond acceptors (Lipinski definition) is 5. The van der Waals surface area contributed by atoms with Crippen LogP contribution < -0.4 is 10.6 Å². The molecule has 2 unspecified atom stereocenters. The van der Waals surface area contributed by atoms with E-state index in [1.165, 1.54) is 17.1 Å². The molecule has 116 valence electrons. The minimum absolute atomic E-state index is 0.217. The van der Waals surface area contributed by atoms with Gasteiger partial charge >= 0.3 is 12.0 Å². The van der Waals surface area contributed by atoms with E-state index < -0.39 is 18.0 Å². The largest absolute Gasteiger partial charge is 0.479 e. The first-order valence-electron chi connectivity index (χ1n) is 6.51. The Labute approximate surface area is 121 Å². The summed E-state index contributed by atoms with van der Waals surface area (Å²) in [5, 5.41) is 18.0. The summed E-state index contributed by atoms with van der Waals surface area (Å²) in [5.41, 5.74) is 0.400. The number of carbonyl (C=O) groups is 2. The molecule has 9 nitrogen and oxygen atoms in total. The van der Waals surface area contributed by atoms with Crippen LogP contribution in [0.3, 0.4) is 0 Å². The van der Waals surface area contributed by atoms with Crippen molar-refractivity contribution in [1.82, 2.24) is 20.4 Å². The van der Waals surface area contributed by atoms with Gasteiger partial charge in [-0.1, -0.05) is 0 Å². The highest BCUT2D eigenvalue weighted by Gasteiger charge is 2.24. The minimum atomic E-state index is -1.16. The lowest BCUT2D eigenvalue weighted by molar-refractivity contribution is -0.139. The van der Waals surface area contributed by atoms with Crippen molar-refractivity contribution < 1.29 is 24.2 Å². The van der Waals surface area contributed by atoms with Gasteiger partial charge in [-0.2, -0.15) is 5.10 Å². The fourth-order valence-corrected chi connectivity index (χ4v) is 1.92. The summed E-state index contributed by atoms with van der Waals surface area (Å²) in [6.07, 6.45) is 2.72. The summed E-state index contributed by atoms with van der Waals surface area (Å²) < 4.78 is 12.0. The molecule has 9 heteroatoms. The average molecular weight is 298 g/mol. The topological polar surface area (TPSA) is 115 Å². The summed E-state index contributed by atoms with van der Waals surface area (Å²) in [6.45, 7) is 1.70. The second-order valence-electron chi connectivity index (χ2n) is 4.64. The smallest absolute Gasteiger partial charge is 0.331 e. The SMILES string of the molecule is Cn1cc(C(NC(=O)NCC2COCCO2)C(=O)O)cn1. The van der Waals surface area contributed by atoms with Gasteiger partial charge in [0.2, 0.25) is 0 Å². The van der Waals surface area contributed by atoms with Crippen molar-refractivity contribution in [3.63, 3.8) is 0 Å². The molecule has 2 amide bonds. The number of aliphatic carboxylic acids is 1. The summed E-state index contributed by atoms with van der Waals surface area (Å²) in [5.74, 6) is -1.16. The lowest BCUT2D eigenvalue weighted by Crippen LogP contribution is -2.45. The van der Waals surface area contributed by atoms with Gasteiger partial charge in [0.15, 0.2) is 6.04 Å². The van der Waals surface area contributed by atoms with Gasteiger partial charge in [0.25, 0.3) is 0 Å². The fourth-order valence-electron chi connectivity index (χ4n) is 1.92. The number of carbonyl (C=O) groups excluding carboxylic acids is 1. The Balaban J connectivity index is 1.85. The third-order valence-electron chi connectivity index (χ3n) is 2.96. The number of hydrogen-bond donors (Lipinski definition) is 3. The van der Waals surface area contributed by atoms with Crippen LogP contribution in [0.15, 0.2) is 12.4 Å². The van der Waals surface area contributed by atoms with E-state index in [0.29, 0.717) is 25.4 Å². The van der Waals surface area contributed by atoms with Crippen LogP contribution in [-0.2, 0) is 21.3 Å². The van der Waals surface area contributed by atoms with Gasteiger partial charge in [-0.3, -0.25) is 4.68 Å².